The Morgan fingerprint density at radius 1 is 1.48 bits per heavy atom. The maximum Gasteiger partial charge on any atom is 0.292 e. The van der Waals surface area contributed by atoms with Crippen molar-refractivity contribution in [2.45, 2.75) is 26.8 Å². The summed E-state index contributed by atoms with van der Waals surface area (Å²) in [6.45, 7) is 5.11. The third kappa shape index (κ3) is 3.52. The van der Waals surface area contributed by atoms with Gasteiger partial charge in [-0.15, -0.1) is 0 Å². The second-order valence-corrected chi connectivity index (χ2v) is 5.18. The first-order valence-corrected chi connectivity index (χ1v) is 7.09. The molecular weight excluding hydrogens is 292 g/mol. The molecule has 112 valence electrons. The van der Waals surface area contributed by atoms with Gasteiger partial charge in [0.25, 0.3) is 5.69 Å². The highest BCUT2D eigenvalue weighted by Crippen LogP contribution is 2.26. The fourth-order valence-electron chi connectivity index (χ4n) is 2.00. The van der Waals surface area contributed by atoms with Crippen LogP contribution in [-0.4, -0.2) is 21.2 Å². The van der Waals surface area contributed by atoms with Crippen LogP contribution in [0.3, 0.4) is 0 Å². The average molecular weight is 309 g/mol. The fourth-order valence-corrected chi connectivity index (χ4v) is 2.14. The Labute approximate surface area is 127 Å². The van der Waals surface area contributed by atoms with E-state index in [2.05, 4.69) is 10.4 Å². The zero-order chi connectivity index (χ0) is 15.4. The summed E-state index contributed by atoms with van der Waals surface area (Å²) in [6, 6.07) is 5.06. The lowest BCUT2D eigenvalue weighted by atomic mass is 10.1. The van der Waals surface area contributed by atoms with Crippen LogP contribution in [0.4, 0.5) is 11.4 Å². The van der Waals surface area contributed by atoms with Crippen LogP contribution in [0.15, 0.2) is 24.4 Å². The van der Waals surface area contributed by atoms with Crippen LogP contribution in [0.25, 0.3) is 0 Å². The summed E-state index contributed by atoms with van der Waals surface area (Å²) < 4.78 is 1.77. The second-order valence-electron chi connectivity index (χ2n) is 4.77. The van der Waals surface area contributed by atoms with Crippen LogP contribution in [0.5, 0.6) is 0 Å². The molecule has 0 saturated heterocycles. The highest BCUT2D eigenvalue weighted by atomic mass is 35.5. The van der Waals surface area contributed by atoms with E-state index in [0.717, 1.165) is 17.7 Å². The Morgan fingerprint density at radius 2 is 2.24 bits per heavy atom. The summed E-state index contributed by atoms with van der Waals surface area (Å²) in [7, 11) is 0. The van der Waals surface area contributed by atoms with Crippen molar-refractivity contribution in [2.24, 2.45) is 0 Å². The largest absolute Gasteiger partial charge is 0.379 e. The maximum absolute atomic E-state index is 11.0. The van der Waals surface area contributed by atoms with Crippen LogP contribution < -0.4 is 5.32 Å². The van der Waals surface area contributed by atoms with Gasteiger partial charge < -0.3 is 5.32 Å². The zero-order valence-electron chi connectivity index (χ0n) is 12.0. The lowest BCUT2D eigenvalue weighted by molar-refractivity contribution is -0.384. The predicted octanol–water partition coefficient (Wildman–Crippen LogP) is 3.62. The molecule has 21 heavy (non-hydrogen) atoms. The normalized spacial score (nSPS) is 10.6. The Bertz CT molecular complexity index is 654. The Morgan fingerprint density at radius 3 is 2.81 bits per heavy atom. The van der Waals surface area contributed by atoms with Gasteiger partial charge in [-0.2, -0.15) is 5.10 Å². The van der Waals surface area contributed by atoms with Gasteiger partial charge in [0, 0.05) is 12.6 Å². The minimum absolute atomic E-state index is 0.0856. The quantitative estimate of drug-likeness (QED) is 0.653. The van der Waals surface area contributed by atoms with Crippen molar-refractivity contribution >= 4 is 23.0 Å². The summed E-state index contributed by atoms with van der Waals surface area (Å²) in [5.74, 6) is 0. The van der Waals surface area contributed by atoms with E-state index in [1.807, 2.05) is 13.8 Å². The number of rotatable bonds is 6. The third-order valence-electron chi connectivity index (χ3n) is 3.20. The number of nitro groups is 1. The van der Waals surface area contributed by atoms with E-state index in [9.17, 15) is 10.1 Å². The van der Waals surface area contributed by atoms with Gasteiger partial charge >= 0.3 is 0 Å². The van der Waals surface area contributed by atoms with Crippen LogP contribution in [0.2, 0.25) is 5.02 Å². The highest BCUT2D eigenvalue weighted by molar-refractivity contribution is 6.31. The first-order valence-electron chi connectivity index (χ1n) is 6.72. The Kier molecular flexibility index (Phi) is 4.80. The molecule has 0 aliphatic heterocycles. The number of anilines is 1. The lowest BCUT2D eigenvalue weighted by Crippen LogP contribution is -2.07. The summed E-state index contributed by atoms with van der Waals surface area (Å²) in [5, 5.41) is 18.9. The molecule has 0 radical (unpaired) electrons. The highest BCUT2D eigenvalue weighted by Gasteiger charge is 2.14. The molecule has 2 rings (SSSR count). The minimum Gasteiger partial charge on any atom is -0.379 e. The first kappa shape index (κ1) is 15.3. The number of benzene rings is 1. The predicted molar refractivity (Wildman–Crippen MR) is 83.0 cm³/mol. The number of nitrogens with zero attached hydrogens (tertiary/aromatic N) is 3. The summed E-state index contributed by atoms with van der Waals surface area (Å²) in [6.07, 6.45) is 2.49. The molecule has 0 fully saturated rings. The van der Waals surface area contributed by atoms with E-state index < -0.39 is 0 Å². The van der Waals surface area contributed by atoms with Gasteiger partial charge in [-0.05, 0) is 25.0 Å². The minimum atomic E-state index is -0.377. The fraction of sp³-hybridized carbons (Fsp3) is 0.357. The molecule has 0 aliphatic carbocycles. The van der Waals surface area contributed by atoms with Gasteiger partial charge in [-0.1, -0.05) is 24.6 Å². The number of nitro benzene ring substituents is 1. The lowest BCUT2D eigenvalue weighted by Gasteiger charge is -2.09. The summed E-state index contributed by atoms with van der Waals surface area (Å²) >= 11 is 5.98. The molecule has 0 aliphatic rings. The van der Waals surface area contributed by atoms with Crippen LogP contribution >= 0.6 is 11.6 Å². The molecule has 0 bridgehead atoms. The van der Waals surface area contributed by atoms with Gasteiger partial charge in [0.1, 0.15) is 5.69 Å². The van der Waals surface area contributed by atoms with Crippen molar-refractivity contribution in [3.05, 3.63) is 50.8 Å². The van der Waals surface area contributed by atoms with Crippen molar-refractivity contribution in [1.82, 2.24) is 9.78 Å². The van der Waals surface area contributed by atoms with Gasteiger partial charge in [-0.3, -0.25) is 14.8 Å². The summed E-state index contributed by atoms with van der Waals surface area (Å²) in [5.41, 5.74) is 2.43. The average Bonchev–Trinajstić information content (AvgIpc) is 2.77. The van der Waals surface area contributed by atoms with E-state index in [4.69, 9.17) is 11.6 Å². The molecule has 0 spiro atoms. The van der Waals surface area contributed by atoms with E-state index in [1.165, 1.54) is 6.07 Å². The number of nitrogens with one attached hydrogen (secondary N) is 1. The Balaban J connectivity index is 2.28. The molecule has 0 atom stereocenters. The van der Waals surface area contributed by atoms with E-state index in [1.54, 1.807) is 23.0 Å². The molecular formula is C14H17ClN4O2. The second kappa shape index (κ2) is 6.58. The molecule has 1 heterocycles. The molecule has 1 aromatic heterocycles. The number of aromatic nitrogens is 2. The third-order valence-corrected chi connectivity index (χ3v) is 3.57. The van der Waals surface area contributed by atoms with Gasteiger partial charge in [-0.25, -0.2) is 0 Å². The van der Waals surface area contributed by atoms with Crippen molar-refractivity contribution in [1.29, 1.82) is 0 Å². The molecule has 0 amide bonds. The van der Waals surface area contributed by atoms with Gasteiger partial charge in [0.05, 0.1) is 28.4 Å². The summed E-state index contributed by atoms with van der Waals surface area (Å²) in [4.78, 5) is 10.7. The monoisotopic (exact) mass is 308 g/mol. The number of halogens is 1. The molecule has 1 N–H and O–H groups in total. The Hall–Kier alpha value is -2.08. The van der Waals surface area contributed by atoms with Crippen LogP contribution in [0.1, 0.15) is 24.6 Å². The molecule has 1 aromatic carbocycles. The van der Waals surface area contributed by atoms with E-state index >= 15 is 0 Å². The molecule has 2 aromatic rings. The standard InChI is InChI=1S/C14H17ClN4O2/c1-3-6-16-13-7-11(4-5-14(13)19(20)21)9-18-10(2)12(15)8-17-18/h4-5,7-8,16H,3,6,9H2,1-2H3. The smallest absolute Gasteiger partial charge is 0.292 e. The van der Waals surface area contributed by atoms with Crippen molar-refractivity contribution in [3.8, 4) is 0 Å². The van der Waals surface area contributed by atoms with Crippen molar-refractivity contribution < 1.29 is 4.92 Å². The van der Waals surface area contributed by atoms with Crippen LogP contribution in [0, 0.1) is 17.0 Å². The molecule has 6 nitrogen and oxygen atoms in total. The number of hydrogen-bond acceptors (Lipinski definition) is 4. The molecule has 0 saturated carbocycles. The van der Waals surface area contributed by atoms with E-state index in [-0.39, 0.29) is 10.6 Å². The zero-order valence-corrected chi connectivity index (χ0v) is 12.7. The van der Waals surface area contributed by atoms with Gasteiger partial charge in [0.2, 0.25) is 0 Å². The molecule has 0 unspecified atom stereocenters. The number of hydrogen-bond donors (Lipinski definition) is 1. The molecule has 7 heteroatoms. The van der Waals surface area contributed by atoms with Crippen molar-refractivity contribution in [3.63, 3.8) is 0 Å². The first-order chi connectivity index (χ1) is 10.0. The van der Waals surface area contributed by atoms with Crippen LogP contribution in [-0.2, 0) is 6.54 Å². The van der Waals surface area contributed by atoms with Crippen molar-refractivity contribution in [2.75, 3.05) is 11.9 Å². The topological polar surface area (TPSA) is 73.0 Å². The maximum atomic E-state index is 11.0. The van der Waals surface area contributed by atoms with Gasteiger partial charge in [0.15, 0.2) is 0 Å². The van der Waals surface area contributed by atoms with E-state index in [0.29, 0.717) is 23.8 Å². The SMILES string of the molecule is CCCNc1cc(Cn2ncc(Cl)c2C)ccc1[N+](=O)[O-].